The molecule has 4 heteroatoms. The number of fused-ring (bicyclic) bond motifs is 1. The van der Waals surface area contributed by atoms with Gasteiger partial charge < -0.3 is 14.9 Å². The van der Waals surface area contributed by atoms with E-state index in [1.165, 1.54) is 22.5 Å². The van der Waals surface area contributed by atoms with Crippen LogP contribution in [0.1, 0.15) is 5.56 Å². The Morgan fingerprint density at radius 1 is 1.05 bits per heavy atom. The Hall–Kier alpha value is -2.49. The summed E-state index contributed by atoms with van der Waals surface area (Å²) in [6.45, 7) is 3.44. The molecule has 3 aromatic rings. The molecule has 0 unspecified atom stereocenters. The predicted octanol–water partition coefficient (Wildman–Crippen LogP) is 2.39. The second-order valence-corrected chi connectivity index (χ2v) is 5.07. The van der Waals surface area contributed by atoms with Gasteiger partial charge in [0.15, 0.2) is 0 Å². The second kappa shape index (κ2) is 4.89. The molecule has 2 N–H and O–H groups in total. The SMILES string of the molecule is Cc1ccc2ccn(CCn3cc(N)ccc3=O)c2c1. The molecule has 2 aromatic heterocycles. The summed E-state index contributed by atoms with van der Waals surface area (Å²) in [5, 5.41) is 1.22. The number of aromatic nitrogens is 2. The van der Waals surface area contributed by atoms with Gasteiger partial charge in [-0.25, -0.2) is 0 Å². The minimum atomic E-state index is -0.0214. The minimum Gasteiger partial charge on any atom is -0.398 e. The molecule has 1 aromatic carbocycles. The van der Waals surface area contributed by atoms with Crippen molar-refractivity contribution >= 4 is 16.6 Å². The summed E-state index contributed by atoms with van der Waals surface area (Å²) < 4.78 is 3.81. The van der Waals surface area contributed by atoms with Gasteiger partial charge in [-0.3, -0.25) is 4.79 Å². The van der Waals surface area contributed by atoms with Crippen LogP contribution in [0.4, 0.5) is 5.69 Å². The summed E-state index contributed by atoms with van der Waals surface area (Å²) in [4.78, 5) is 11.7. The number of nitrogens with two attached hydrogens (primary N) is 1. The Labute approximate surface area is 117 Å². The van der Waals surface area contributed by atoms with Crippen molar-refractivity contribution in [2.24, 2.45) is 0 Å². The minimum absolute atomic E-state index is 0.0214. The summed E-state index contributed by atoms with van der Waals surface area (Å²) in [5.41, 5.74) is 8.74. The molecule has 0 aliphatic heterocycles. The number of hydrogen-bond donors (Lipinski definition) is 1. The van der Waals surface area contributed by atoms with Crippen molar-refractivity contribution in [3.8, 4) is 0 Å². The first-order chi connectivity index (χ1) is 9.63. The number of anilines is 1. The Morgan fingerprint density at radius 3 is 2.70 bits per heavy atom. The molecule has 0 radical (unpaired) electrons. The van der Waals surface area contributed by atoms with Crippen LogP contribution in [0.25, 0.3) is 10.9 Å². The molecule has 0 amide bonds. The maximum absolute atomic E-state index is 11.7. The van der Waals surface area contributed by atoms with Crippen molar-refractivity contribution in [2.45, 2.75) is 20.0 Å². The number of nitrogens with zero attached hydrogens (tertiary/aromatic N) is 2. The van der Waals surface area contributed by atoms with Gasteiger partial charge in [-0.2, -0.15) is 0 Å². The Bertz CT molecular complexity index is 814. The van der Waals surface area contributed by atoms with Gasteiger partial charge in [0.1, 0.15) is 0 Å². The summed E-state index contributed by atoms with van der Waals surface area (Å²) >= 11 is 0. The van der Waals surface area contributed by atoms with Gasteiger partial charge in [0.2, 0.25) is 0 Å². The van der Waals surface area contributed by atoms with Crippen LogP contribution in [0, 0.1) is 6.92 Å². The van der Waals surface area contributed by atoms with Crippen molar-refractivity contribution in [3.63, 3.8) is 0 Å². The average Bonchev–Trinajstić information content (AvgIpc) is 2.82. The van der Waals surface area contributed by atoms with E-state index < -0.39 is 0 Å². The molecule has 0 fully saturated rings. The van der Waals surface area contributed by atoms with E-state index in [1.807, 2.05) is 0 Å². The molecule has 0 saturated heterocycles. The van der Waals surface area contributed by atoms with Crippen molar-refractivity contribution in [3.05, 3.63) is 64.7 Å². The van der Waals surface area contributed by atoms with Crippen LogP contribution in [0.15, 0.2) is 53.6 Å². The fourth-order valence-corrected chi connectivity index (χ4v) is 2.43. The van der Waals surface area contributed by atoms with Crippen molar-refractivity contribution in [2.75, 3.05) is 5.73 Å². The highest BCUT2D eigenvalue weighted by molar-refractivity contribution is 5.80. The highest BCUT2D eigenvalue weighted by Gasteiger charge is 2.02. The summed E-state index contributed by atoms with van der Waals surface area (Å²) in [6, 6.07) is 11.6. The largest absolute Gasteiger partial charge is 0.398 e. The van der Waals surface area contributed by atoms with Gasteiger partial charge in [0.05, 0.1) is 0 Å². The standard InChI is InChI=1S/C16H17N3O/c1-12-2-3-13-6-7-18(15(13)10-12)8-9-19-11-14(17)4-5-16(19)20/h2-7,10-11H,8-9,17H2,1H3. The van der Waals surface area contributed by atoms with Crippen LogP contribution < -0.4 is 11.3 Å². The Balaban J connectivity index is 1.88. The van der Waals surface area contributed by atoms with Crippen LogP contribution >= 0.6 is 0 Å². The number of nitrogen functional groups attached to an aromatic ring is 1. The van der Waals surface area contributed by atoms with E-state index in [0.29, 0.717) is 12.2 Å². The maximum atomic E-state index is 11.7. The fraction of sp³-hybridized carbons (Fsp3) is 0.188. The monoisotopic (exact) mass is 267 g/mol. The molecule has 0 aliphatic carbocycles. The molecule has 0 bridgehead atoms. The zero-order valence-electron chi connectivity index (χ0n) is 11.4. The lowest BCUT2D eigenvalue weighted by Crippen LogP contribution is -2.21. The fourth-order valence-electron chi connectivity index (χ4n) is 2.43. The second-order valence-electron chi connectivity index (χ2n) is 5.07. The van der Waals surface area contributed by atoms with E-state index in [0.717, 1.165) is 6.54 Å². The first kappa shape index (κ1) is 12.5. The van der Waals surface area contributed by atoms with E-state index in [9.17, 15) is 4.79 Å². The molecule has 0 spiro atoms. The molecule has 3 rings (SSSR count). The Kier molecular flexibility index (Phi) is 3.06. The maximum Gasteiger partial charge on any atom is 0.250 e. The highest BCUT2D eigenvalue weighted by atomic mass is 16.1. The number of rotatable bonds is 3. The third kappa shape index (κ3) is 2.32. The van der Waals surface area contributed by atoms with Gasteiger partial charge in [-0.1, -0.05) is 12.1 Å². The van der Waals surface area contributed by atoms with Gasteiger partial charge in [-0.15, -0.1) is 0 Å². The lowest BCUT2D eigenvalue weighted by Gasteiger charge is -2.09. The zero-order valence-corrected chi connectivity index (χ0v) is 11.4. The van der Waals surface area contributed by atoms with E-state index in [-0.39, 0.29) is 5.56 Å². The number of hydrogen-bond acceptors (Lipinski definition) is 2. The lowest BCUT2D eigenvalue weighted by atomic mass is 10.2. The van der Waals surface area contributed by atoms with E-state index in [1.54, 1.807) is 16.8 Å². The quantitative estimate of drug-likeness (QED) is 0.792. The van der Waals surface area contributed by atoms with Crippen LogP contribution in [0.5, 0.6) is 0 Å². The molecule has 2 heterocycles. The van der Waals surface area contributed by atoms with Crippen LogP contribution in [-0.2, 0) is 13.1 Å². The first-order valence-electron chi connectivity index (χ1n) is 6.65. The summed E-state index contributed by atoms with van der Waals surface area (Å²) in [5.74, 6) is 0. The van der Waals surface area contributed by atoms with Crippen molar-refractivity contribution in [1.82, 2.24) is 9.13 Å². The first-order valence-corrected chi connectivity index (χ1v) is 6.65. The van der Waals surface area contributed by atoms with Gasteiger partial charge >= 0.3 is 0 Å². The normalized spacial score (nSPS) is 11.1. The molecule has 0 atom stereocenters. The summed E-state index contributed by atoms with van der Waals surface area (Å²) in [6.07, 6.45) is 3.75. The molecular weight excluding hydrogens is 250 g/mol. The third-order valence-corrected chi connectivity index (χ3v) is 3.52. The van der Waals surface area contributed by atoms with Crippen molar-refractivity contribution in [1.29, 1.82) is 0 Å². The van der Waals surface area contributed by atoms with Crippen LogP contribution in [-0.4, -0.2) is 9.13 Å². The van der Waals surface area contributed by atoms with E-state index in [2.05, 4.69) is 42.0 Å². The molecule has 102 valence electrons. The van der Waals surface area contributed by atoms with Crippen LogP contribution in [0.3, 0.4) is 0 Å². The Morgan fingerprint density at radius 2 is 1.85 bits per heavy atom. The molecule has 0 aliphatic rings. The van der Waals surface area contributed by atoms with Gasteiger partial charge in [0.25, 0.3) is 5.56 Å². The van der Waals surface area contributed by atoms with Gasteiger partial charge in [0, 0.05) is 42.8 Å². The number of aryl methyl sites for hydroxylation is 3. The van der Waals surface area contributed by atoms with Gasteiger partial charge in [-0.05, 0) is 36.1 Å². The highest BCUT2D eigenvalue weighted by Crippen LogP contribution is 2.17. The zero-order chi connectivity index (χ0) is 14.1. The number of benzene rings is 1. The molecule has 4 nitrogen and oxygen atoms in total. The third-order valence-electron chi connectivity index (χ3n) is 3.52. The molecule has 20 heavy (non-hydrogen) atoms. The van der Waals surface area contributed by atoms with Crippen LogP contribution in [0.2, 0.25) is 0 Å². The average molecular weight is 267 g/mol. The lowest BCUT2D eigenvalue weighted by molar-refractivity contribution is 0.578. The topological polar surface area (TPSA) is 52.9 Å². The van der Waals surface area contributed by atoms with Crippen molar-refractivity contribution < 1.29 is 0 Å². The smallest absolute Gasteiger partial charge is 0.250 e. The predicted molar refractivity (Wildman–Crippen MR) is 81.8 cm³/mol. The molecular formula is C16H17N3O. The molecule has 0 saturated carbocycles. The number of pyridine rings is 1. The van der Waals surface area contributed by atoms with E-state index in [4.69, 9.17) is 5.73 Å². The summed E-state index contributed by atoms with van der Waals surface area (Å²) in [7, 11) is 0. The van der Waals surface area contributed by atoms with E-state index >= 15 is 0 Å².